The molecule has 0 fully saturated rings. The number of hydrogen-bond acceptors (Lipinski definition) is 2. The maximum atomic E-state index is 13.7. The van der Waals surface area contributed by atoms with Gasteiger partial charge in [-0.25, -0.2) is 4.98 Å². The molecule has 1 atom stereocenters. The van der Waals surface area contributed by atoms with Crippen LogP contribution in [0.5, 0.6) is 0 Å². The lowest BCUT2D eigenvalue weighted by Crippen LogP contribution is -2.25. The number of fused-ring (bicyclic) bond motifs is 1. The Morgan fingerprint density at radius 3 is 2.52 bits per heavy atom. The highest BCUT2D eigenvalue weighted by atomic mass is 19.3. The average Bonchev–Trinajstić information content (AvgIpc) is 2.96. The molecule has 0 aliphatic rings. The van der Waals surface area contributed by atoms with Gasteiger partial charge in [-0.15, -0.1) is 0 Å². The van der Waals surface area contributed by atoms with Crippen LogP contribution in [0.15, 0.2) is 42.5 Å². The van der Waals surface area contributed by atoms with E-state index in [1.54, 1.807) is 18.2 Å². The predicted molar refractivity (Wildman–Crippen MR) is 96.8 cm³/mol. The molecule has 0 saturated heterocycles. The van der Waals surface area contributed by atoms with Crippen LogP contribution < -0.4 is 0 Å². The fourth-order valence-electron chi connectivity index (χ4n) is 3.19. The zero-order valence-corrected chi connectivity index (χ0v) is 15.0. The van der Waals surface area contributed by atoms with Crippen LogP contribution in [0.2, 0.25) is 0 Å². The van der Waals surface area contributed by atoms with E-state index in [1.807, 2.05) is 20.0 Å². The van der Waals surface area contributed by atoms with E-state index < -0.39 is 6.55 Å². The van der Waals surface area contributed by atoms with Gasteiger partial charge in [0.25, 0.3) is 0 Å². The SMILES string of the molecule is Cc1ccc(CN(C)C(C)c2nc3ccccc3n2C(F)F)c(C)c1. The van der Waals surface area contributed by atoms with E-state index >= 15 is 0 Å². The molecule has 0 spiro atoms. The van der Waals surface area contributed by atoms with Crippen LogP contribution in [0.3, 0.4) is 0 Å². The van der Waals surface area contributed by atoms with Gasteiger partial charge in [-0.05, 0) is 51.1 Å². The predicted octanol–water partition coefficient (Wildman–Crippen LogP) is 5.24. The average molecular weight is 343 g/mol. The van der Waals surface area contributed by atoms with Crippen LogP contribution >= 0.6 is 0 Å². The Kier molecular flexibility index (Phi) is 4.86. The summed E-state index contributed by atoms with van der Waals surface area (Å²) in [5.41, 5.74) is 4.70. The summed E-state index contributed by atoms with van der Waals surface area (Å²) in [6.45, 7) is 4.13. The van der Waals surface area contributed by atoms with Gasteiger partial charge in [0.2, 0.25) is 0 Å². The van der Waals surface area contributed by atoms with E-state index in [0.717, 1.165) is 4.57 Å². The van der Waals surface area contributed by atoms with E-state index in [-0.39, 0.29) is 6.04 Å². The molecule has 5 heteroatoms. The van der Waals surface area contributed by atoms with Gasteiger partial charge in [0.1, 0.15) is 5.82 Å². The van der Waals surface area contributed by atoms with Crippen molar-refractivity contribution >= 4 is 11.0 Å². The van der Waals surface area contributed by atoms with E-state index in [9.17, 15) is 8.78 Å². The maximum Gasteiger partial charge on any atom is 0.320 e. The minimum Gasteiger partial charge on any atom is -0.292 e. The first-order valence-corrected chi connectivity index (χ1v) is 8.40. The van der Waals surface area contributed by atoms with Gasteiger partial charge in [0.05, 0.1) is 17.1 Å². The molecule has 25 heavy (non-hydrogen) atoms. The van der Waals surface area contributed by atoms with Crippen molar-refractivity contribution in [1.29, 1.82) is 0 Å². The topological polar surface area (TPSA) is 21.1 Å². The lowest BCUT2D eigenvalue weighted by atomic mass is 10.0. The highest BCUT2D eigenvalue weighted by Gasteiger charge is 2.24. The summed E-state index contributed by atoms with van der Waals surface area (Å²) >= 11 is 0. The number of hydrogen-bond donors (Lipinski definition) is 0. The second-order valence-corrected chi connectivity index (χ2v) is 6.63. The van der Waals surface area contributed by atoms with Gasteiger partial charge in [-0.1, -0.05) is 35.9 Å². The summed E-state index contributed by atoms with van der Waals surface area (Å²) in [7, 11) is 1.94. The molecule has 3 rings (SSSR count). The van der Waals surface area contributed by atoms with Crippen molar-refractivity contribution in [3.8, 4) is 0 Å². The fourth-order valence-corrected chi connectivity index (χ4v) is 3.19. The van der Waals surface area contributed by atoms with Gasteiger partial charge >= 0.3 is 6.55 Å². The Bertz CT molecular complexity index is 886. The molecule has 0 bridgehead atoms. The summed E-state index contributed by atoms with van der Waals surface area (Å²) in [6, 6.07) is 13.1. The van der Waals surface area contributed by atoms with Gasteiger partial charge in [0, 0.05) is 6.54 Å². The Labute approximate surface area is 146 Å². The number of imidazole rings is 1. The zero-order chi connectivity index (χ0) is 18.1. The van der Waals surface area contributed by atoms with Crippen molar-refractivity contribution in [3.63, 3.8) is 0 Å². The summed E-state index contributed by atoms with van der Waals surface area (Å²) in [5.74, 6) is 0.392. The lowest BCUT2D eigenvalue weighted by Gasteiger charge is -2.25. The quantitative estimate of drug-likeness (QED) is 0.631. The molecular weight excluding hydrogens is 320 g/mol. The van der Waals surface area contributed by atoms with Crippen molar-refractivity contribution < 1.29 is 8.78 Å². The van der Waals surface area contributed by atoms with Crippen LogP contribution in [0.4, 0.5) is 8.78 Å². The van der Waals surface area contributed by atoms with Crippen molar-refractivity contribution in [3.05, 3.63) is 65.0 Å². The smallest absolute Gasteiger partial charge is 0.292 e. The second kappa shape index (κ2) is 6.92. The molecular formula is C20H23F2N3. The lowest BCUT2D eigenvalue weighted by molar-refractivity contribution is 0.0657. The summed E-state index contributed by atoms with van der Waals surface area (Å²) in [5, 5.41) is 0. The molecule has 132 valence electrons. The van der Waals surface area contributed by atoms with E-state index in [4.69, 9.17) is 0 Å². The summed E-state index contributed by atoms with van der Waals surface area (Å²) in [4.78, 5) is 6.53. The standard InChI is InChI=1S/C20H23F2N3/c1-13-9-10-16(14(2)11-13)12-24(4)15(3)19-23-17-7-5-6-8-18(17)25(19)20(21)22/h5-11,15,20H,12H2,1-4H3. The maximum absolute atomic E-state index is 13.7. The highest BCUT2D eigenvalue weighted by molar-refractivity contribution is 5.76. The number of rotatable bonds is 5. The zero-order valence-electron chi connectivity index (χ0n) is 15.0. The number of benzene rings is 2. The number of para-hydroxylation sites is 2. The van der Waals surface area contributed by atoms with E-state index in [2.05, 4.69) is 41.9 Å². The van der Waals surface area contributed by atoms with Gasteiger partial charge in [-0.3, -0.25) is 9.47 Å². The molecule has 0 radical (unpaired) electrons. The van der Waals surface area contributed by atoms with Crippen molar-refractivity contribution in [1.82, 2.24) is 14.5 Å². The third-order valence-corrected chi connectivity index (χ3v) is 4.77. The second-order valence-electron chi connectivity index (χ2n) is 6.63. The molecule has 3 aromatic rings. The first-order valence-electron chi connectivity index (χ1n) is 8.40. The van der Waals surface area contributed by atoms with Gasteiger partial charge in [-0.2, -0.15) is 8.78 Å². The Morgan fingerprint density at radius 2 is 1.84 bits per heavy atom. The molecule has 0 N–H and O–H groups in total. The molecule has 1 heterocycles. The van der Waals surface area contributed by atoms with Crippen LogP contribution in [0.1, 0.15) is 42.0 Å². The summed E-state index contributed by atoms with van der Waals surface area (Å²) < 4.78 is 28.3. The monoisotopic (exact) mass is 343 g/mol. The molecule has 0 amide bonds. The fraction of sp³-hybridized carbons (Fsp3) is 0.350. The third kappa shape index (κ3) is 3.42. The molecule has 1 aromatic heterocycles. The van der Waals surface area contributed by atoms with Crippen molar-refractivity contribution in [2.75, 3.05) is 7.05 Å². The number of aryl methyl sites for hydroxylation is 2. The molecule has 2 aromatic carbocycles. The number of halogens is 2. The molecule has 1 unspecified atom stereocenters. The summed E-state index contributed by atoms with van der Waals surface area (Å²) in [6.07, 6.45) is 0. The van der Waals surface area contributed by atoms with Gasteiger partial charge < -0.3 is 0 Å². The molecule has 0 aliphatic heterocycles. The molecule has 0 aliphatic carbocycles. The van der Waals surface area contributed by atoms with Crippen molar-refractivity contribution in [2.24, 2.45) is 0 Å². The highest BCUT2D eigenvalue weighted by Crippen LogP contribution is 2.29. The van der Waals surface area contributed by atoms with Crippen LogP contribution in [0, 0.1) is 13.8 Å². The molecule has 3 nitrogen and oxygen atoms in total. The number of aromatic nitrogens is 2. The normalized spacial score (nSPS) is 13.1. The molecule has 0 saturated carbocycles. The van der Waals surface area contributed by atoms with E-state index in [0.29, 0.717) is 23.4 Å². The van der Waals surface area contributed by atoms with Crippen molar-refractivity contribution in [2.45, 2.75) is 39.9 Å². The largest absolute Gasteiger partial charge is 0.320 e. The number of alkyl halides is 2. The minimum absolute atomic E-state index is 0.234. The third-order valence-electron chi connectivity index (χ3n) is 4.77. The minimum atomic E-state index is -2.61. The Morgan fingerprint density at radius 1 is 1.12 bits per heavy atom. The Hall–Kier alpha value is -2.27. The Balaban J connectivity index is 1.93. The van der Waals surface area contributed by atoms with E-state index in [1.165, 1.54) is 16.7 Å². The van der Waals surface area contributed by atoms with Crippen LogP contribution in [-0.4, -0.2) is 21.5 Å². The van der Waals surface area contributed by atoms with Crippen LogP contribution in [-0.2, 0) is 6.54 Å². The van der Waals surface area contributed by atoms with Crippen LogP contribution in [0.25, 0.3) is 11.0 Å². The first-order chi connectivity index (χ1) is 11.9. The number of nitrogens with zero attached hydrogens (tertiary/aromatic N) is 3. The van der Waals surface area contributed by atoms with Gasteiger partial charge in [0.15, 0.2) is 0 Å². The first kappa shape index (κ1) is 17.5.